The van der Waals surface area contributed by atoms with Gasteiger partial charge in [-0.2, -0.15) is 0 Å². The number of nitrogens with two attached hydrogens (primary N) is 1. The summed E-state index contributed by atoms with van der Waals surface area (Å²) in [5.41, 5.74) is 14.3. The van der Waals surface area contributed by atoms with Crippen LogP contribution in [0.2, 0.25) is 0 Å². The van der Waals surface area contributed by atoms with Crippen molar-refractivity contribution < 1.29 is 0 Å². The first-order valence-corrected chi connectivity index (χ1v) is 12.0. The molecule has 0 fully saturated rings. The molecule has 2 N–H and O–H groups in total. The second kappa shape index (κ2) is 9.79. The molecule has 0 saturated heterocycles. The maximum Gasteiger partial charge on any atom is 0.00728 e. The van der Waals surface area contributed by atoms with Gasteiger partial charge in [0.05, 0.1) is 0 Å². The molecular formula is C31H45N. The highest BCUT2D eigenvalue weighted by Crippen LogP contribution is 2.40. The molecule has 0 atom stereocenters. The van der Waals surface area contributed by atoms with Gasteiger partial charge in [0.25, 0.3) is 0 Å². The Morgan fingerprint density at radius 2 is 0.875 bits per heavy atom. The summed E-state index contributed by atoms with van der Waals surface area (Å²) in [6.07, 6.45) is 4.59. The predicted octanol–water partition coefficient (Wildman–Crippen LogP) is 8.39. The summed E-state index contributed by atoms with van der Waals surface area (Å²) < 4.78 is 0. The zero-order valence-electron chi connectivity index (χ0n) is 22.1. The van der Waals surface area contributed by atoms with Crippen LogP contribution in [0.4, 0.5) is 0 Å². The first kappa shape index (κ1) is 26.1. The van der Waals surface area contributed by atoms with E-state index in [1.54, 1.807) is 0 Å². The van der Waals surface area contributed by atoms with Crippen LogP contribution in [0.1, 0.15) is 91.5 Å². The van der Waals surface area contributed by atoms with Crippen molar-refractivity contribution in [3.8, 4) is 0 Å². The van der Waals surface area contributed by atoms with Gasteiger partial charge in [0.15, 0.2) is 0 Å². The SMILES string of the molecule is CC(C)(C)CN.CC1C(c2ccc(C(C)(C)C)cc2)=CC=C1c1ccc(C(C)(C)C)cc1. The summed E-state index contributed by atoms with van der Waals surface area (Å²) in [5.74, 6) is 0.427. The van der Waals surface area contributed by atoms with E-state index < -0.39 is 0 Å². The molecule has 32 heavy (non-hydrogen) atoms. The van der Waals surface area contributed by atoms with E-state index in [0.29, 0.717) is 11.3 Å². The molecule has 1 nitrogen and oxygen atoms in total. The molecular weight excluding hydrogens is 386 g/mol. The fraction of sp³-hybridized carbons (Fsp3) is 0.484. The van der Waals surface area contributed by atoms with E-state index >= 15 is 0 Å². The smallest absolute Gasteiger partial charge is 0.00728 e. The number of hydrogen-bond donors (Lipinski definition) is 1. The van der Waals surface area contributed by atoms with E-state index in [-0.39, 0.29) is 10.8 Å². The molecule has 0 radical (unpaired) electrons. The Morgan fingerprint density at radius 3 is 1.09 bits per heavy atom. The lowest BCUT2D eigenvalue weighted by Gasteiger charge is -2.21. The van der Waals surface area contributed by atoms with E-state index in [1.807, 2.05) is 0 Å². The fourth-order valence-corrected chi connectivity index (χ4v) is 3.65. The van der Waals surface area contributed by atoms with Crippen LogP contribution in [0, 0.1) is 11.3 Å². The van der Waals surface area contributed by atoms with Crippen LogP contribution in [0.25, 0.3) is 11.1 Å². The fourth-order valence-electron chi connectivity index (χ4n) is 3.65. The highest BCUT2D eigenvalue weighted by molar-refractivity contribution is 5.89. The van der Waals surface area contributed by atoms with E-state index in [1.165, 1.54) is 33.4 Å². The molecule has 174 valence electrons. The summed E-state index contributed by atoms with van der Waals surface area (Å²) in [6, 6.07) is 18.2. The van der Waals surface area contributed by atoms with Gasteiger partial charge < -0.3 is 5.73 Å². The molecule has 0 spiro atoms. The third kappa shape index (κ3) is 6.94. The topological polar surface area (TPSA) is 26.0 Å². The third-order valence-corrected chi connectivity index (χ3v) is 6.16. The van der Waals surface area contributed by atoms with Crippen LogP contribution in [0.5, 0.6) is 0 Å². The average molecular weight is 432 g/mol. The quantitative estimate of drug-likeness (QED) is 0.507. The van der Waals surface area contributed by atoms with E-state index in [0.717, 1.165) is 6.54 Å². The zero-order valence-corrected chi connectivity index (χ0v) is 22.1. The van der Waals surface area contributed by atoms with Crippen molar-refractivity contribution >= 4 is 11.1 Å². The van der Waals surface area contributed by atoms with E-state index in [2.05, 4.69) is 130 Å². The normalized spacial score (nSPS) is 15.1. The molecule has 1 aliphatic carbocycles. The summed E-state index contributed by atoms with van der Waals surface area (Å²) >= 11 is 0. The van der Waals surface area contributed by atoms with Crippen molar-refractivity contribution in [1.82, 2.24) is 0 Å². The van der Waals surface area contributed by atoms with Gasteiger partial charge in [-0.3, -0.25) is 0 Å². The molecule has 0 amide bonds. The molecule has 2 aromatic rings. The molecule has 0 aromatic heterocycles. The van der Waals surface area contributed by atoms with Crippen LogP contribution in [-0.2, 0) is 10.8 Å². The average Bonchev–Trinajstić information content (AvgIpc) is 3.08. The van der Waals surface area contributed by atoms with Crippen molar-refractivity contribution in [2.45, 2.75) is 80.1 Å². The van der Waals surface area contributed by atoms with Crippen LogP contribution in [0.15, 0.2) is 60.7 Å². The Morgan fingerprint density at radius 1 is 0.594 bits per heavy atom. The van der Waals surface area contributed by atoms with Crippen molar-refractivity contribution in [3.05, 3.63) is 82.9 Å². The Labute approximate surface area is 197 Å². The summed E-state index contributed by atoms with van der Waals surface area (Å²) in [4.78, 5) is 0. The number of rotatable bonds is 2. The van der Waals surface area contributed by atoms with Gasteiger partial charge in [0.2, 0.25) is 0 Å². The lowest BCUT2D eigenvalue weighted by Crippen LogP contribution is -2.18. The molecule has 0 unspecified atom stereocenters. The molecule has 2 aromatic carbocycles. The van der Waals surface area contributed by atoms with Gasteiger partial charge in [-0.1, -0.05) is 130 Å². The van der Waals surface area contributed by atoms with Crippen LogP contribution in [0.3, 0.4) is 0 Å². The van der Waals surface area contributed by atoms with Gasteiger partial charge in [0.1, 0.15) is 0 Å². The molecule has 0 heterocycles. The minimum atomic E-state index is 0.201. The Hall–Kier alpha value is -2.12. The summed E-state index contributed by atoms with van der Waals surface area (Å²) in [5, 5.41) is 0. The van der Waals surface area contributed by atoms with Crippen LogP contribution >= 0.6 is 0 Å². The van der Waals surface area contributed by atoms with Gasteiger partial charge >= 0.3 is 0 Å². The Bertz CT molecular complexity index is 860. The van der Waals surface area contributed by atoms with Gasteiger partial charge in [0, 0.05) is 5.92 Å². The van der Waals surface area contributed by atoms with Crippen molar-refractivity contribution in [2.75, 3.05) is 6.54 Å². The molecule has 0 saturated carbocycles. The predicted molar refractivity (Wildman–Crippen MR) is 144 cm³/mol. The standard InChI is InChI=1S/C26H32.C5H13N/c1-18-23(19-8-12-21(13-9-19)25(2,3)4)16-17-24(18)20-10-14-22(15-11-20)26(5,6)7;1-5(2,3)4-6/h8-18H,1-7H3;4,6H2,1-3H3. The molecule has 1 aliphatic rings. The van der Waals surface area contributed by atoms with Gasteiger partial charge in [-0.05, 0) is 56.2 Å². The Balaban J connectivity index is 0.000000534. The van der Waals surface area contributed by atoms with E-state index in [9.17, 15) is 0 Å². The van der Waals surface area contributed by atoms with Crippen molar-refractivity contribution in [2.24, 2.45) is 17.1 Å². The molecule has 3 rings (SSSR count). The maximum absolute atomic E-state index is 5.31. The first-order chi connectivity index (χ1) is 14.6. The zero-order chi connectivity index (χ0) is 24.3. The summed E-state index contributed by atoms with van der Waals surface area (Å²) in [7, 11) is 0. The lowest BCUT2D eigenvalue weighted by molar-refractivity contribution is 0.428. The molecule has 0 aliphatic heterocycles. The minimum Gasteiger partial charge on any atom is -0.330 e. The second-order valence-electron chi connectivity index (χ2n) is 12.4. The van der Waals surface area contributed by atoms with Crippen LogP contribution in [-0.4, -0.2) is 6.54 Å². The highest BCUT2D eigenvalue weighted by Gasteiger charge is 2.22. The van der Waals surface area contributed by atoms with Crippen molar-refractivity contribution in [3.63, 3.8) is 0 Å². The minimum absolute atomic E-state index is 0.201. The molecule has 1 heteroatoms. The Kier molecular flexibility index (Phi) is 8.00. The maximum atomic E-state index is 5.31. The van der Waals surface area contributed by atoms with Gasteiger partial charge in [-0.25, -0.2) is 0 Å². The second-order valence-corrected chi connectivity index (χ2v) is 12.4. The highest BCUT2D eigenvalue weighted by atomic mass is 14.6. The number of allylic oxidation sites excluding steroid dienone is 4. The van der Waals surface area contributed by atoms with Crippen LogP contribution < -0.4 is 5.73 Å². The monoisotopic (exact) mass is 431 g/mol. The number of hydrogen-bond acceptors (Lipinski definition) is 1. The lowest BCUT2D eigenvalue weighted by atomic mass is 9.83. The molecule has 0 bridgehead atoms. The first-order valence-electron chi connectivity index (χ1n) is 12.0. The van der Waals surface area contributed by atoms with Gasteiger partial charge in [-0.15, -0.1) is 0 Å². The largest absolute Gasteiger partial charge is 0.330 e. The van der Waals surface area contributed by atoms with Crippen molar-refractivity contribution in [1.29, 1.82) is 0 Å². The van der Waals surface area contributed by atoms with E-state index in [4.69, 9.17) is 5.73 Å². The number of benzene rings is 2. The third-order valence-electron chi connectivity index (χ3n) is 6.16. The summed E-state index contributed by atoms with van der Waals surface area (Å²) in [6.45, 7) is 23.0.